The van der Waals surface area contributed by atoms with Gasteiger partial charge in [-0.2, -0.15) is 5.10 Å². The van der Waals surface area contributed by atoms with Crippen LogP contribution in [0.1, 0.15) is 18.6 Å². The highest BCUT2D eigenvalue weighted by Crippen LogP contribution is 2.34. The molecule has 0 amide bonds. The highest BCUT2D eigenvalue weighted by atomic mass is 16.6. The zero-order chi connectivity index (χ0) is 15.5. The van der Waals surface area contributed by atoms with Crippen molar-refractivity contribution in [2.24, 2.45) is 0 Å². The molecule has 23 heavy (non-hydrogen) atoms. The quantitative estimate of drug-likeness (QED) is 0.847. The summed E-state index contributed by atoms with van der Waals surface area (Å²) in [4.78, 5) is 6.35. The number of ether oxygens (including phenoxy) is 2. The lowest BCUT2D eigenvalue weighted by molar-refractivity contribution is -0.0907. The van der Waals surface area contributed by atoms with Gasteiger partial charge in [-0.15, -0.1) is 0 Å². The van der Waals surface area contributed by atoms with E-state index in [1.165, 1.54) is 0 Å². The summed E-state index contributed by atoms with van der Waals surface area (Å²) in [7, 11) is 0. The molecule has 2 aromatic heterocycles. The second-order valence-electron chi connectivity index (χ2n) is 6.42. The molecule has 4 heterocycles. The normalized spacial score (nSPS) is 29.1. The van der Waals surface area contributed by atoms with E-state index in [4.69, 9.17) is 13.9 Å². The standard InChI is InChI=1S/C16H22N4O3/c1-2-14(22-6-1)8-19-5-7-21-11-16(10-19)4-3-15(23-16)9-20-13-17-12-18-20/h1-2,6,12-13,15H,3-5,7-11H2/t15-,16-/m1/s1. The van der Waals surface area contributed by atoms with Crippen LogP contribution in [0.15, 0.2) is 35.5 Å². The lowest BCUT2D eigenvalue weighted by Crippen LogP contribution is -2.44. The van der Waals surface area contributed by atoms with E-state index in [1.807, 2.05) is 16.8 Å². The van der Waals surface area contributed by atoms with Crippen molar-refractivity contribution >= 4 is 0 Å². The summed E-state index contributed by atoms with van der Waals surface area (Å²) in [5.74, 6) is 0.985. The van der Waals surface area contributed by atoms with Gasteiger partial charge in [0.1, 0.15) is 24.0 Å². The van der Waals surface area contributed by atoms with Crippen molar-refractivity contribution in [2.45, 2.75) is 37.6 Å². The first-order chi connectivity index (χ1) is 11.3. The largest absolute Gasteiger partial charge is 0.468 e. The van der Waals surface area contributed by atoms with Crippen LogP contribution in [0.3, 0.4) is 0 Å². The number of aromatic nitrogens is 3. The number of hydrogen-bond acceptors (Lipinski definition) is 6. The van der Waals surface area contributed by atoms with E-state index < -0.39 is 0 Å². The van der Waals surface area contributed by atoms with Crippen molar-refractivity contribution in [2.75, 3.05) is 26.3 Å². The topological polar surface area (TPSA) is 65.6 Å². The predicted octanol–water partition coefficient (Wildman–Crippen LogP) is 1.32. The average Bonchev–Trinajstić information content (AvgIpc) is 3.25. The van der Waals surface area contributed by atoms with Gasteiger partial charge in [0.2, 0.25) is 0 Å². The fraction of sp³-hybridized carbons (Fsp3) is 0.625. The minimum atomic E-state index is -0.214. The summed E-state index contributed by atoms with van der Waals surface area (Å²) in [5.41, 5.74) is -0.214. The third-order valence-electron chi connectivity index (χ3n) is 4.58. The highest BCUT2D eigenvalue weighted by molar-refractivity contribution is 5.00. The van der Waals surface area contributed by atoms with Gasteiger partial charge in [-0.3, -0.25) is 9.58 Å². The van der Waals surface area contributed by atoms with E-state index in [-0.39, 0.29) is 11.7 Å². The lowest BCUT2D eigenvalue weighted by Gasteiger charge is -2.31. The molecule has 2 aliphatic heterocycles. The van der Waals surface area contributed by atoms with Crippen LogP contribution in [-0.2, 0) is 22.6 Å². The molecule has 0 N–H and O–H groups in total. The van der Waals surface area contributed by atoms with E-state index in [1.54, 1.807) is 18.9 Å². The molecule has 124 valence electrons. The van der Waals surface area contributed by atoms with Crippen LogP contribution < -0.4 is 0 Å². The summed E-state index contributed by atoms with van der Waals surface area (Å²) in [5, 5.41) is 4.17. The van der Waals surface area contributed by atoms with Gasteiger partial charge in [0.25, 0.3) is 0 Å². The number of hydrogen-bond donors (Lipinski definition) is 0. The lowest BCUT2D eigenvalue weighted by atomic mass is 10.00. The third kappa shape index (κ3) is 3.46. The molecule has 2 aromatic rings. The molecule has 2 fully saturated rings. The summed E-state index contributed by atoms with van der Waals surface area (Å²) in [6.07, 6.45) is 7.23. The van der Waals surface area contributed by atoms with Crippen molar-refractivity contribution < 1.29 is 13.9 Å². The van der Waals surface area contributed by atoms with E-state index >= 15 is 0 Å². The van der Waals surface area contributed by atoms with Crippen LogP contribution in [0.25, 0.3) is 0 Å². The summed E-state index contributed by atoms with van der Waals surface area (Å²) in [6, 6.07) is 3.95. The van der Waals surface area contributed by atoms with Gasteiger partial charge < -0.3 is 13.9 Å². The zero-order valence-electron chi connectivity index (χ0n) is 13.1. The molecule has 7 nitrogen and oxygen atoms in total. The molecule has 2 aliphatic rings. The Morgan fingerprint density at radius 2 is 2.39 bits per heavy atom. The van der Waals surface area contributed by atoms with Crippen LogP contribution in [-0.4, -0.2) is 57.7 Å². The van der Waals surface area contributed by atoms with Crippen LogP contribution in [0.5, 0.6) is 0 Å². The zero-order valence-corrected chi connectivity index (χ0v) is 13.1. The van der Waals surface area contributed by atoms with Gasteiger partial charge in [-0.05, 0) is 25.0 Å². The molecule has 0 saturated carbocycles. The van der Waals surface area contributed by atoms with Crippen LogP contribution in [0, 0.1) is 0 Å². The van der Waals surface area contributed by atoms with Crippen molar-refractivity contribution in [1.82, 2.24) is 19.7 Å². The minimum Gasteiger partial charge on any atom is -0.468 e. The van der Waals surface area contributed by atoms with Crippen molar-refractivity contribution in [1.29, 1.82) is 0 Å². The van der Waals surface area contributed by atoms with E-state index in [0.717, 1.165) is 51.4 Å². The van der Waals surface area contributed by atoms with Crippen LogP contribution in [0.4, 0.5) is 0 Å². The van der Waals surface area contributed by atoms with Gasteiger partial charge in [0, 0.05) is 13.1 Å². The Balaban J connectivity index is 1.40. The van der Waals surface area contributed by atoms with Crippen LogP contribution in [0.2, 0.25) is 0 Å². The van der Waals surface area contributed by atoms with Gasteiger partial charge in [-0.25, -0.2) is 4.98 Å². The van der Waals surface area contributed by atoms with E-state index in [0.29, 0.717) is 6.61 Å². The molecule has 1 spiro atoms. The molecule has 0 unspecified atom stereocenters. The SMILES string of the molecule is c1coc(CN2CCOC[C@@]3(CC[C@H](Cn4cncn4)O3)C2)c1. The maximum Gasteiger partial charge on any atom is 0.137 e. The van der Waals surface area contributed by atoms with E-state index in [9.17, 15) is 0 Å². The first-order valence-corrected chi connectivity index (χ1v) is 8.14. The molecule has 7 heteroatoms. The molecule has 0 radical (unpaired) electrons. The van der Waals surface area contributed by atoms with Crippen LogP contribution >= 0.6 is 0 Å². The average molecular weight is 318 g/mol. The summed E-state index contributed by atoms with van der Waals surface area (Å²) < 4.78 is 19.6. The molecule has 0 bridgehead atoms. The first kappa shape index (κ1) is 14.9. The first-order valence-electron chi connectivity index (χ1n) is 8.14. The fourth-order valence-corrected chi connectivity index (χ4v) is 3.52. The molecule has 0 aliphatic carbocycles. The number of furan rings is 1. The van der Waals surface area contributed by atoms with Gasteiger partial charge in [-0.1, -0.05) is 0 Å². The Morgan fingerprint density at radius 1 is 1.39 bits per heavy atom. The molecular formula is C16H22N4O3. The summed E-state index contributed by atoms with van der Waals surface area (Å²) >= 11 is 0. The van der Waals surface area contributed by atoms with Crippen molar-refractivity contribution in [3.05, 3.63) is 36.8 Å². The van der Waals surface area contributed by atoms with Gasteiger partial charge >= 0.3 is 0 Å². The Kier molecular flexibility index (Phi) is 4.15. The second-order valence-corrected chi connectivity index (χ2v) is 6.42. The minimum absolute atomic E-state index is 0.170. The van der Waals surface area contributed by atoms with Gasteiger partial charge in [0.05, 0.1) is 38.7 Å². The molecule has 2 atom stereocenters. The monoisotopic (exact) mass is 318 g/mol. The maximum atomic E-state index is 6.41. The molecular weight excluding hydrogens is 296 g/mol. The van der Waals surface area contributed by atoms with E-state index in [2.05, 4.69) is 15.0 Å². The van der Waals surface area contributed by atoms with Crippen molar-refractivity contribution in [3.8, 4) is 0 Å². The number of nitrogens with zero attached hydrogens (tertiary/aromatic N) is 4. The van der Waals surface area contributed by atoms with Gasteiger partial charge in [0.15, 0.2) is 0 Å². The second kappa shape index (κ2) is 6.43. The predicted molar refractivity (Wildman–Crippen MR) is 81.7 cm³/mol. The smallest absolute Gasteiger partial charge is 0.137 e. The third-order valence-corrected chi connectivity index (χ3v) is 4.58. The Bertz CT molecular complexity index is 601. The molecule has 2 saturated heterocycles. The Morgan fingerprint density at radius 3 is 3.22 bits per heavy atom. The summed E-state index contributed by atoms with van der Waals surface area (Å²) in [6.45, 7) is 4.73. The number of rotatable bonds is 4. The fourth-order valence-electron chi connectivity index (χ4n) is 3.52. The van der Waals surface area contributed by atoms with Crippen molar-refractivity contribution in [3.63, 3.8) is 0 Å². The Hall–Kier alpha value is -1.70. The highest BCUT2D eigenvalue weighted by Gasteiger charge is 2.43. The molecule has 0 aromatic carbocycles. The Labute approximate surface area is 135 Å². The molecule has 4 rings (SSSR count). The maximum absolute atomic E-state index is 6.41.